The molecule has 1 saturated carbocycles. The van der Waals surface area contributed by atoms with Gasteiger partial charge in [-0.05, 0) is 31.1 Å². The molecule has 0 spiro atoms. The lowest BCUT2D eigenvalue weighted by Gasteiger charge is -2.33. The average Bonchev–Trinajstić information content (AvgIpc) is 2.33. The van der Waals surface area contributed by atoms with Crippen molar-refractivity contribution < 1.29 is 4.74 Å². The Morgan fingerprint density at radius 3 is 2.50 bits per heavy atom. The number of nitrogens with two attached hydrogens (primary N) is 1. The predicted molar refractivity (Wildman–Crippen MR) is 74.6 cm³/mol. The Balaban J connectivity index is 1.92. The van der Waals surface area contributed by atoms with Gasteiger partial charge in [0.05, 0.1) is 12.4 Å². The van der Waals surface area contributed by atoms with Gasteiger partial charge in [-0.3, -0.25) is 0 Å². The van der Waals surface area contributed by atoms with Gasteiger partial charge in [0.25, 0.3) is 0 Å². The number of nitrogens with zero attached hydrogens (tertiary/aromatic N) is 2. The normalized spacial score (nSPS) is 19.4. The molecule has 0 radical (unpaired) electrons. The molecule has 1 aromatic rings. The van der Waals surface area contributed by atoms with Crippen molar-refractivity contribution in [1.29, 1.82) is 0 Å². The van der Waals surface area contributed by atoms with Crippen LogP contribution in [0.2, 0.25) is 0 Å². The molecule has 98 valence electrons. The van der Waals surface area contributed by atoms with E-state index in [0.717, 1.165) is 12.8 Å². The zero-order valence-electron chi connectivity index (χ0n) is 10.8. The van der Waals surface area contributed by atoms with Crippen molar-refractivity contribution in [3.8, 4) is 5.88 Å². The summed E-state index contributed by atoms with van der Waals surface area (Å²) in [4.78, 5) is 8.55. The largest absolute Gasteiger partial charge is 0.473 e. The first-order valence-electron chi connectivity index (χ1n) is 6.25. The molecule has 1 aliphatic carbocycles. The van der Waals surface area contributed by atoms with Gasteiger partial charge in [0.15, 0.2) is 0 Å². The van der Waals surface area contributed by atoms with E-state index in [1.165, 1.54) is 12.8 Å². The standard InChI is InChI=1S/C13H19N3OS/c1-13(2)5-3-9(4-6-13)17-11-8-15-10(7-16-11)12(14)18/h7-9H,3-6H2,1-2H3,(H2,14,18). The van der Waals surface area contributed by atoms with Crippen LogP contribution in [0.25, 0.3) is 0 Å². The molecular weight excluding hydrogens is 246 g/mol. The van der Waals surface area contributed by atoms with Crippen molar-refractivity contribution in [2.45, 2.75) is 45.6 Å². The minimum atomic E-state index is 0.253. The van der Waals surface area contributed by atoms with Gasteiger partial charge in [-0.25, -0.2) is 9.97 Å². The molecule has 0 aliphatic heterocycles. The maximum Gasteiger partial charge on any atom is 0.232 e. The minimum Gasteiger partial charge on any atom is -0.473 e. The van der Waals surface area contributed by atoms with Crippen molar-refractivity contribution in [3.05, 3.63) is 18.1 Å². The van der Waals surface area contributed by atoms with Crippen molar-refractivity contribution in [3.63, 3.8) is 0 Å². The summed E-state index contributed by atoms with van der Waals surface area (Å²) in [5, 5.41) is 0. The van der Waals surface area contributed by atoms with E-state index in [4.69, 9.17) is 22.7 Å². The molecule has 1 heterocycles. The molecule has 5 heteroatoms. The maximum atomic E-state index is 5.83. The number of thiocarbonyl (C=S) groups is 1. The SMILES string of the molecule is CC1(C)CCC(Oc2cnc(C(N)=S)cn2)CC1. The highest BCUT2D eigenvalue weighted by molar-refractivity contribution is 7.80. The van der Waals surface area contributed by atoms with Crippen LogP contribution in [0.15, 0.2) is 12.4 Å². The minimum absolute atomic E-state index is 0.253. The van der Waals surface area contributed by atoms with Gasteiger partial charge in [-0.1, -0.05) is 26.1 Å². The number of aromatic nitrogens is 2. The summed E-state index contributed by atoms with van der Waals surface area (Å²) in [6.07, 6.45) is 7.94. The summed E-state index contributed by atoms with van der Waals surface area (Å²) in [6.45, 7) is 4.61. The molecule has 0 amide bonds. The first-order valence-corrected chi connectivity index (χ1v) is 6.66. The summed E-state index contributed by atoms with van der Waals surface area (Å²) < 4.78 is 5.83. The van der Waals surface area contributed by atoms with Gasteiger partial charge >= 0.3 is 0 Å². The van der Waals surface area contributed by atoms with E-state index in [-0.39, 0.29) is 11.1 Å². The van der Waals surface area contributed by atoms with Gasteiger partial charge in [0.2, 0.25) is 5.88 Å². The van der Waals surface area contributed by atoms with Crippen molar-refractivity contribution in [2.24, 2.45) is 11.1 Å². The zero-order valence-corrected chi connectivity index (χ0v) is 11.7. The van der Waals surface area contributed by atoms with E-state index in [0.29, 0.717) is 17.0 Å². The molecule has 2 N–H and O–H groups in total. The van der Waals surface area contributed by atoms with Crippen LogP contribution in [0.1, 0.15) is 45.2 Å². The Labute approximate surface area is 113 Å². The topological polar surface area (TPSA) is 61.0 Å². The lowest BCUT2D eigenvalue weighted by atomic mass is 9.76. The summed E-state index contributed by atoms with van der Waals surface area (Å²) >= 11 is 4.83. The second kappa shape index (κ2) is 5.18. The molecule has 0 unspecified atom stereocenters. The third-order valence-corrected chi connectivity index (χ3v) is 3.66. The average molecular weight is 265 g/mol. The van der Waals surface area contributed by atoms with Crippen LogP contribution in [0.3, 0.4) is 0 Å². The molecule has 0 aromatic carbocycles. The lowest BCUT2D eigenvalue weighted by molar-refractivity contribution is 0.0945. The van der Waals surface area contributed by atoms with Gasteiger partial charge in [0.1, 0.15) is 16.8 Å². The third-order valence-electron chi connectivity index (χ3n) is 3.45. The highest BCUT2D eigenvalue weighted by Gasteiger charge is 2.27. The molecule has 18 heavy (non-hydrogen) atoms. The van der Waals surface area contributed by atoms with Crippen LogP contribution < -0.4 is 10.5 Å². The molecule has 0 atom stereocenters. The van der Waals surface area contributed by atoms with Crippen LogP contribution in [-0.4, -0.2) is 21.1 Å². The van der Waals surface area contributed by atoms with E-state index in [9.17, 15) is 0 Å². The van der Waals surface area contributed by atoms with E-state index >= 15 is 0 Å². The van der Waals surface area contributed by atoms with E-state index in [2.05, 4.69) is 23.8 Å². The maximum absolute atomic E-state index is 5.83. The number of hydrogen-bond donors (Lipinski definition) is 1. The van der Waals surface area contributed by atoms with Gasteiger partial charge in [-0.2, -0.15) is 0 Å². The quantitative estimate of drug-likeness (QED) is 0.851. The van der Waals surface area contributed by atoms with Gasteiger partial charge in [-0.15, -0.1) is 0 Å². The van der Waals surface area contributed by atoms with Crippen molar-refractivity contribution in [1.82, 2.24) is 9.97 Å². The van der Waals surface area contributed by atoms with Crippen molar-refractivity contribution >= 4 is 17.2 Å². The summed E-state index contributed by atoms with van der Waals surface area (Å²) in [5.74, 6) is 0.555. The fourth-order valence-corrected chi connectivity index (χ4v) is 2.27. The molecule has 1 aromatic heterocycles. The predicted octanol–water partition coefficient (Wildman–Crippen LogP) is 2.46. The highest BCUT2D eigenvalue weighted by atomic mass is 32.1. The number of hydrogen-bond acceptors (Lipinski definition) is 4. The Kier molecular flexibility index (Phi) is 3.80. The van der Waals surface area contributed by atoms with Gasteiger partial charge in [0, 0.05) is 0 Å². The van der Waals surface area contributed by atoms with Crippen LogP contribution in [-0.2, 0) is 0 Å². The molecule has 0 bridgehead atoms. The van der Waals surface area contributed by atoms with Crippen LogP contribution >= 0.6 is 12.2 Å². The fourth-order valence-electron chi connectivity index (χ4n) is 2.17. The second-order valence-corrected chi connectivity index (χ2v) is 6.03. The first-order chi connectivity index (χ1) is 8.46. The summed E-state index contributed by atoms with van der Waals surface area (Å²) in [6, 6.07) is 0. The summed E-state index contributed by atoms with van der Waals surface area (Å²) in [7, 11) is 0. The molecule has 2 rings (SSSR count). The number of rotatable bonds is 3. The monoisotopic (exact) mass is 265 g/mol. The van der Waals surface area contributed by atoms with E-state index in [1.54, 1.807) is 12.4 Å². The Morgan fingerprint density at radius 1 is 1.33 bits per heavy atom. The van der Waals surface area contributed by atoms with E-state index in [1.807, 2.05) is 0 Å². The van der Waals surface area contributed by atoms with Crippen LogP contribution in [0, 0.1) is 5.41 Å². The fraction of sp³-hybridized carbons (Fsp3) is 0.615. The molecule has 1 fully saturated rings. The summed E-state index contributed by atoms with van der Waals surface area (Å²) in [5.41, 5.74) is 6.44. The molecule has 0 saturated heterocycles. The Hall–Kier alpha value is -1.23. The van der Waals surface area contributed by atoms with Crippen molar-refractivity contribution in [2.75, 3.05) is 0 Å². The second-order valence-electron chi connectivity index (χ2n) is 5.59. The Morgan fingerprint density at radius 2 is 2.00 bits per heavy atom. The number of ether oxygens (including phenoxy) is 1. The molecular formula is C13H19N3OS. The Bertz CT molecular complexity index is 420. The molecule has 4 nitrogen and oxygen atoms in total. The highest BCUT2D eigenvalue weighted by Crippen LogP contribution is 2.36. The third kappa shape index (κ3) is 3.38. The zero-order chi connectivity index (χ0) is 13.2. The van der Waals surface area contributed by atoms with Crippen LogP contribution in [0.4, 0.5) is 0 Å². The van der Waals surface area contributed by atoms with E-state index < -0.39 is 0 Å². The molecule has 1 aliphatic rings. The smallest absolute Gasteiger partial charge is 0.232 e. The first kappa shape index (κ1) is 13.2. The lowest BCUT2D eigenvalue weighted by Crippen LogP contribution is -2.28. The van der Waals surface area contributed by atoms with Crippen LogP contribution in [0.5, 0.6) is 5.88 Å². The van der Waals surface area contributed by atoms with Gasteiger partial charge < -0.3 is 10.5 Å².